The van der Waals surface area contributed by atoms with Gasteiger partial charge in [-0.05, 0) is 6.08 Å². The second-order valence-electron chi connectivity index (χ2n) is 2.18. The maximum absolute atomic E-state index is 10.9. The molecule has 0 atom stereocenters. The van der Waals surface area contributed by atoms with Crippen LogP contribution in [0.15, 0.2) is 11.9 Å². The SMILES string of the molecule is CNC1=CCN(C)C(=O)N1. The molecule has 4 heteroatoms. The topological polar surface area (TPSA) is 44.4 Å². The Morgan fingerprint density at radius 1 is 1.80 bits per heavy atom. The molecule has 0 radical (unpaired) electrons. The van der Waals surface area contributed by atoms with Crippen molar-refractivity contribution in [2.24, 2.45) is 0 Å². The first-order valence-electron chi connectivity index (χ1n) is 3.14. The first kappa shape index (κ1) is 6.92. The number of carbonyl (C=O) groups excluding carboxylic acids is 1. The van der Waals surface area contributed by atoms with E-state index >= 15 is 0 Å². The van der Waals surface area contributed by atoms with Crippen molar-refractivity contribution in [3.63, 3.8) is 0 Å². The van der Waals surface area contributed by atoms with Gasteiger partial charge in [0.2, 0.25) is 0 Å². The van der Waals surface area contributed by atoms with Gasteiger partial charge in [0, 0.05) is 20.6 Å². The summed E-state index contributed by atoms with van der Waals surface area (Å²) >= 11 is 0. The molecule has 1 aliphatic heterocycles. The molecule has 0 aromatic heterocycles. The highest BCUT2D eigenvalue weighted by atomic mass is 16.2. The smallest absolute Gasteiger partial charge is 0.322 e. The Kier molecular flexibility index (Phi) is 1.80. The predicted octanol–water partition coefficient (Wildman–Crippen LogP) is -0.298. The number of rotatable bonds is 1. The van der Waals surface area contributed by atoms with Crippen LogP contribution in [0.3, 0.4) is 0 Å². The van der Waals surface area contributed by atoms with Crippen LogP contribution in [0.1, 0.15) is 0 Å². The normalized spacial score (nSPS) is 18.0. The first-order chi connectivity index (χ1) is 4.74. The highest BCUT2D eigenvalue weighted by Gasteiger charge is 2.12. The summed E-state index contributed by atoms with van der Waals surface area (Å²) in [7, 11) is 3.52. The molecular formula is C6H11N3O. The Morgan fingerprint density at radius 3 is 3.00 bits per heavy atom. The third-order valence-corrected chi connectivity index (χ3v) is 1.43. The zero-order chi connectivity index (χ0) is 7.56. The van der Waals surface area contributed by atoms with Crippen molar-refractivity contribution in [2.75, 3.05) is 20.6 Å². The van der Waals surface area contributed by atoms with E-state index in [1.807, 2.05) is 6.08 Å². The minimum absolute atomic E-state index is 0.0631. The van der Waals surface area contributed by atoms with Gasteiger partial charge in [0.1, 0.15) is 5.82 Å². The monoisotopic (exact) mass is 141 g/mol. The lowest BCUT2D eigenvalue weighted by Gasteiger charge is -2.22. The van der Waals surface area contributed by atoms with Crippen molar-refractivity contribution in [3.05, 3.63) is 11.9 Å². The van der Waals surface area contributed by atoms with Crippen LogP contribution in [0.4, 0.5) is 4.79 Å². The molecule has 10 heavy (non-hydrogen) atoms. The van der Waals surface area contributed by atoms with Crippen LogP contribution in [-0.4, -0.2) is 31.6 Å². The molecule has 1 aliphatic rings. The van der Waals surface area contributed by atoms with Crippen molar-refractivity contribution in [2.45, 2.75) is 0 Å². The third-order valence-electron chi connectivity index (χ3n) is 1.43. The van der Waals surface area contributed by atoms with E-state index < -0.39 is 0 Å². The summed E-state index contributed by atoms with van der Waals surface area (Å²) in [6.07, 6.45) is 1.92. The van der Waals surface area contributed by atoms with E-state index in [-0.39, 0.29) is 6.03 Å². The molecule has 4 nitrogen and oxygen atoms in total. The third kappa shape index (κ3) is 1.21. The Labute approximate surface area is 59.9 Å². The number of amides is 2. The fourth-order valence-electron chi connectivity index (χ4n) is 0.737. The Balaban J connectivity index is 2.61. The maximum atomic E-state index is 10.9. The average molecular weight is 141 g/mol. The molecule has 56 valence electrons. The van der Waals surface area contributed by atoms with Crippen LogP contribution in [0.25, 0.3) is 0 Å². The van der Waals surface area contributed by atoms with Crippen LogP contribution < -0.4 is 10.6 Å². The summed E-state index contributed by atoms with van der Waals surface area (Å²) in [5, 5.41) is 5.51. The second-order valence-corrected chi connectivity index (χ2v) is 2.18. The Bertz CT molecular complexity index is 176. The molecule has 2 N–H and O–H groups in total. The van der Waals surface area contributed by atoms with Crippen LogP contribution >= 0.6 is 0 Å². The van der Waals surface area contributed by atoms with Crippen molar-refractivity contribution >= 4 is 6.03 Å². The molecule has 2 amide bonds. The fraction of sp³-hybridized carbons (Fsp3) is 0.500. The summed E-state index contributed by atoms with van der Waals surface area (Å²) in [6, 6.07) is -0.0631. The maximum Gasteiger partial charge on any atom is 0.322 e. The highest BCUT2D eigenvalue weighted by molar-refractivity contribution is 5.76. The minimum Gasteiger partial charge on any atom is -0.375 e. The molecule has 1 heterocycles. The minimum atomic E-state index is -0.0631. The summed E-state index contributed by atoms with van der Waals surface area (Å²) < 4.78 is 0. The molecule has 0 saturated carbocycles. The number of carbonyl (C=O) groups is 1. The molecule has 0 bridgehead atoms. The molecule has 1 rings (SSSR count). The largest absolute Gasteiger partial charge is 0.375 e. The number of nitrogens with zero attached hydrogens (tertiary/aromatic N) is 1. The van der Waals surface area contributed by atoms with Gasteiger partial charge in [-0.25, -0.2) is 4.79 Å². The van der Waals surface area contributed by atoms with E-state index in [2.05, 4.69) is 10.6 Å². The lowest BCUT2D eigenvalue weighted by Crippen LogP contribution is -2.43. The van der Waals surface area contributed by atoms with Crippen LogP contribution in [0.2, 0.25) is 0 Å². The Hall–Kier alpha value is -1.19. The van der Waals surface area contributed by atoms with Gasteiger partial charge >= 0.3 is 6.03 Å². The van der Waals surface area contributed by atoms with E-state index in [1.165, 1.54) is 0 Å². The lowest BCUT2D eigenvalue weighted by molar-refractivity contribution is 0.212. The van der Waals surface area contributed by atoms with E-state index in [0.717, 1.165) is 5.82 Å². The van der Waals surface area contributed by atoms with Crippen molar-refractivity contribution in [1.29, 1.82) is 0 Å². The molecule has 0 aromatic rings. The summed E-state index contributed by atoms with van der Waals surface area (Å²) in [6.45, 7) is 0.669. The molecule has 0 fully saturated rings. The van der Waals surface area contributed by atoms with E-state index in [4.69, 9.17) is 0 Å². The molecule has 0 saturated heterocycles. The molecular weight excluding hydrogens is 130 g/mol. The number of hydrogen-bond donors (Lipinski definition) is 2. The van der Waals surface area contributed by atoms with Crippen molar-refractivity contribution in [1.82, 2.24) is 15.5 Å². The molecule has 0 aromatic carbocycles. The fourth-order valence-corrected chi connectivity index (χ4v) is 0.737. The zero-order valence-corrected chi connectivity index (χ0v) is 6.14. The van der Waals surface area contributed by atoms with Gasteiger partial charge in [0.25, 0.3) is 0 Å². The van der Waals surface area contributed by atoms with Crippen molar-refractivity contribution < 1.29 is 4.79 Å². The van der Waals surface area contributed by atoms with Crippen molar-refractivity contribution in [3.8, 4) is 0 Å². The number of likely N-dealkylation sites (N-methyl/N-ethyl adjacent to an activating group) is 1. The summed E-state index contributed by atoms with van der Waals surface area (Å²) in [5.41, 5.74) is 0. The number of urea groups is 1. The average Bonchev–Trinajstić information content (AvgIpc) is 1.95. The van der Waals surface area contributed by atoms with Gasteiger partial charge in [-0.1, -0.05) is 0 Å². The summed E-state index contributed by atoms with van der Waals surface area (Å²) in [4.78, 5) is 12.5. The quantitative estimate of drug-likeness (QED) is 0.526. The van der Waals surface area contributed by atoms with Gasteiger partial charge in [0.15, 0.2) is 0 Å². The van der Waals surface area contributed by atoms with E-state index in [0.29, 0.717) is 6.54 Å². The van der Waals surface area contributed by atoms with Crippen LogP contribution in [-0.2, 0) is 0 Å². The molecule has 0 unspecified atom stereocenters. The van der Waals surface area contributed by atoms with Crippen LogP contribution in [0.5, 0.6) is 0 Å². The number of hydrogen-bond acceptors (Lipinski definition) is 2. The number of nitrogens with one attached hydrogen (secondary N) is 2. The van der Waals surface area contributed by atoms with Gasteiger partial charge in [-0.3, -0.25) is 5.32 Å². The van der Waals surface area contributed by atoms with E-state index in [9.17, 15) is 4.79 Å². The Morgan fingerprint density at radius 2 is 2.50 bits per heavy atom. The first-order valence-corrected chi connectivity index (χ1v) is 3.14. The second kappa shape index (κ2) is 2.60. The van der Waals surface area contributed by atoms with Gasteiger partial charge in [0.05, 0.1) is 0 Å². The summed E-state index contributed by atoms with van der Waals surface area (Å²) in [5.74, 6) is 0.781. The predicted molar refractivity (Wildman–Crippen MR) is 38.3 cm³/mol. The van der Waals surface area contributed by atoms with Gasteiger partial charge in [-0.2, -0.15) is 0 Å². The zero-order valence-electron chi connectivity index (χ0n) is 6.14. The van der Waals surface area contributed by atoms with Gasteiger partial charge in [-0.15, -0.1) is 0 Å². The van der Waals surface area contributed by atoms with Crippen LogP contribution in [0, 0.1) is 0 Å². The van der Waals surface area contributed by atoms with Gasteiger partial charge < -0.3 is 10.2 Å². The standard InChI is InChI=1S/C6H11N3O/c1-7-5-3-4-9(2)6(10)8-5/h3,7H,4H2,1-2H3,(H,8,10). The molecule has 0 spiro atoms. The molecule has 0 aliphatic carbocycles. The van der Waals surface area contributed by atoms with E-state index in [1.54, 1.807) is 19.0 Å². The lowest BCUT2D eigenvalue weighted by atomic mass is 10.4. The highest BCUT2D eigenvalue weighted by Crippen LogP contribution is 1.95.